The normalized spacial score (nSPS) is 12.3. The first-order valence-electron chi connectivity index (χ1n) is 11.9. The molecule has 2 aromatic heterocycles. The average molecular weight is 474 g/mol. The van der Waals surface area contributed by atoms with Crippen LogP contribution in [0.1, 0.15) is 61.2 Å². The second kappa shape index (κ2) is 10.3. The summed E-state index contributed by atoms with van der Waals surface area (Å²) in [5, 5.41) is 2.49. The van der Waals surface area contributed by atoms with Crippen LogP contribution in [0, 0.1) is 5.92 Å². The Labute approximate surface area is 204 Å². The number of aryl methyl sites for hydroxylation is 1. The lowest BCUT2D eigenvalue weighted by Gasteiger charge is -2.33. The third-order valence-electron chi connectivity index (χ3n) is 6.02. The van der Waals surface area contributed by atoms with E-state index in [-0.39, 0.29) is 23.4 Å². The molecule has 176 valence electrons. The number of rotatable bonds is 8. The molecule has 1 amide bonds. The number of para-hydroxylation sites is 1. The van der Waals surface area contributed by atoms with E-state index >= 15 is 0 Å². The minimum atomic E-state index is -0.347. The quantitative estimate of drug-likeness (QED) is 0.303. The van der Waals surface area contributed by atoms with Gasteiger partial charge in [-0.1, -0.05) is 58.0 Å². The van der Waals surface area contributed by atoms with Crippen molar-refractivity contribution in [1.82, 2.24) is 14.5 Å². The van der Waals surface area contributed by atoms with Crippen LogP contribution in [0.15, 0.2) is 70.8 Å². The maximum Gasteiger partial charge on any atom is 0.266 e. The van der Waals surface area contributed by atoms with Gasteiger partial charge in [0.2, 0.25) is 0 Å². The molecule has 1 unspecified atom stereocenters. The molecule has 0 saturated carbocycles. The van der Waals surface area contributed by atoms with Crippen molar-refractivity contribution in [2.24, 2.45) is 5.92 Å². The summed E-state index contributed by atoms with van der Waals surface area (Å²) in [6, 6.07) is 18.9. The van der Waals surface area contributed by atoms with E-state index < -0.39 is 0 Å². The minimum Gasteiger partial charge on any atom is -0.327 e. The fraction of sp³-hybridized carbons (Fsp3) is 0.321. The van der Waals surface area contributed by atoms with Crippen molar-refractivity contribution in [2.75, 3.05) is 6.54 Å². The standard InChI is InChI=1S/C28H31N3O2S/c1-5-20-13-15-21(16-14-20)31-26(29-23-11-8-7-10-22(23)27(31)32)24(6-2)30(18-19(3)4)28(33)25-12-9-17-34-25/h7-17,19,24H,5-6,18H2,1-4H3. The molecule has 0 bridgehead atoms. The number of carbonyl (C=O) groups excluding carboxylic acids is 1. The number of benzene rings is 2. The molecule has 34 heavy (non-hydrogen) atoms. The SMILES string of the molecule is CCc1ccc(-n2c(C(CC)N(CC(C)C)C(=O)c3cccs3)nc3ccccc3c2=O)cc1. The number of hydrogen-bond donors (Lipinski definition) is 0. The van der Waals surface area contributed by atoms with Gasteiger partial charge >= 0.3 is 0 Å². The van der Waals surface area contributed by atoms with Crippen LogP contribution < -0.4 is 5.56 Å². The first-order valence-corrected chi connectivity index (χ1v) is 12.8. The Morgan fingerprint density at radius 3 is 2.38 bits per heavy atom. The Hall–Kier alpha value is -3.25. The van der Waals surface area contributed by atoms with E-state index in [9.17, 15) is 9.59 Å². The molecule has 0 fully saturated rings. The van der Waals surface area contributed by atoms with Crippen LogP contribution in [0.2, 0.25) is 0 Å². The Kier molecular flexibility index (Phi) is 7.27. The van der Waals surface area contributed by atoms with E-state index in [1.54, 1.807) is 4.57 Å². The van der Waals surface area contributed by atoms with Gasteiger partial charge in [0, 0.05) is 6.54 Å². The molecule has 4 rings (SSSR count). The molecule has 0 radical (unpaired) electrons. The summed E-state index contributed by atoms with van der Waals surface area (Å²) in [4.78, 5) is 35.0. The first kappa shape index (κ1) is 23.9. The third kappa shape index (κ3) is 4.68. The highest BCUT2D eigenvalue weighted by Crippen LogP contribution is 2.29. The Bertz CT molecular complexity index is 1320. The van der Waals surface area contributed by atoms with Crippen LogP contribution in [0.25, 0.3) is 16.6 Å². The maximum atomic E-state index is 13.8. The molecule has 5 nitrogen and oxygen atoms in total. The predicted molar refractivity (Wildman–Crippen MR) is 140 cm³/mol. The van der Waals surface area contributed by atoms with E-state index in [0.29, 0.717) is 34.6 Å². The second-order valence-electron chi connectivity index (χ2n) is 8.90. The summed E-state index contributed by atoms with van der Waals surface area (Å²) in [6.07, 6.45) is 1.56. The summed E-state index contributed by atoms with van der Waals surface area (Å²) in [5.41, 5.74) is 2.50. The van der Waals surface area contributed by atoms with Gasteiger partial charge in [-0.3, -0.25) is 14.2 Å². The van der Waals surface area contributed by atoms with Gasteiger partial charge in [0.1, 0.15) is 5.82 Å². The van der Waals surface area contributed by atoms with E-state index in [1.165, 1.54) is 16.9 Å². The molecule has 2 aromatic carbocycles. The number of nitrogens with zero attached hydrogens (tertiary/aromatic N) is 3. The van der Waals surface area contributed by atoms with Gasteiger partial charge in [0.05, 0.1) is 27.5 Å². The smallest absolute Gasteiger partial charge is 0.266 e. The number of aromatic nitrogens is 2. The van der Waals surface area contributed by atoms with Crippen molar-refractivity contribution in [3.8, 4) is 5.69 Å². The summed E-state index contributed by atoms with van der Waals surface area (Å²) >= 11 is 1.44. The topological polar surface area (TPSA) is 55.2 Å². The molecular formula is C28H31N3O2S. The van der Waals surface area contributed by atoms with Gasteiger partial charge in [-0.05, 0) is 60.0 Å². The van der Waals surface area contributed by atoms with Gasteiger partial charge in [0.25, 0.3) is 11.5 Å². The average Bonchev–Trinajstić information content (AvgIpc) is 3.39. The molecule has 2 heterocycles. The van der Waals surface area contributed by atoms with Crippen molar-refractivity contribution < 1.29 is 4.79 Å². The molecule has 1 atom stereocenters. The highest BCUT2D eigenvalue weighted by molar-refractivity contribution is 7.12. The largest absolute Gasteiger partial charge is 0.327 e. The van der Waals surface area contributed by atoms with Crippen LogP contribution in [0.5, 0.6) is 0 Å². The van der Waals surface area contributed by atoms with Crippen molar-refractivity contribution in [3.63, 3.8) is 0 Å². The molecular weight excluding hydrogens is 442 g/mol. The number of hydrogen-bond acceptors (Lipinski definition) is 4. The molecule has 4 aromatic rings. The van der Waals surface area contributed by atoms with Crippen LogP contribution in [0.4, 0.5) is 0 Å². The van der Waals surface area contributed by atoms with Crippen LogP contribution in [-0.4, -0.2) is 26.9 Å². The lowest BCUT2D eigenvalue weighted by Crippen LogP contribution is -2.40. The lowest BCUT2D eigenvalue weighted by molar-refractivity contribution is 0.0636. The maximum absolute atomic E-state index is 13.8. The molecule has 6 heteroatoms. The predicted octanol–water partition coefficient (Wildman–Crippen LogP) is 6.26. The van der Waals surface area contributed by atoms with Crippen molar-refractivity contribution in [3.05, 3.63) is 92.7 Å². The molecule has 0 aliphatic rings. The molecule has 0 spiro atoms. The Balaban J connectivity index is 1.95. The van der Waals surface area contributed by atoms with E-state index in [4.69, 9.17) is 4.98 Å². The van der Waals surface area contributed by atoms with Crippen molar-refractivity contribution in [2.45, 2.75) is 46.6 Å². The summed E-state index contributed by atoms with van der Waals surface area (Å²) < 4.78 is 1.70. The molecule has 0 saturated heterocycles. The second-order valence-corrected chi connectivity index (χ2v) is 9.85. The van der Waals surface area contributed by atoms with Crippen LogP contribution in [0.3, 0.4) is 0 Å². The van der Waals surface area contributed by atoms with Crippen LogP contribution >= 0.6 is 11.3 Å². The van der Waals surface area contributed by atoms with Gasteiger partial charge < -0.3 is 4.90 Å². The third-order valence-corrected chi connectivity index (χ3v) is 6.88. The van der Waals surface area contributed by atoms with E-state index in [2.05, 4.69) is 20.8 Å². The molecule has 0 aliphatic carbocycles. The minimum absolute atomic E-state index is 0.0224. The fourth-order valence-electron chi connectivity index (χ4n) is 4.33. The van der Waals surface area contributed by atoms with Gasteiger partial charge in [0.15, 0.2) is 0 Å². The summed E-state index contributed by atoms with van der Waals surface area (Å²) in [5.74, 6) is 0.842. The summed E-state index contributed by atoms with van der Waals surface area (Å²) in [7, 11) is 0. The monoisotopic (exact) mass is 473 g/mol. The van der Waals surface area contributed by atoms with E-state index in [0.717, 1.165) is 12.1 Å². The number of carbonyl (C=O) groups is 1. The zero-order chi connectivity index (χ0) is 24.2. The Morgan fingerprint density at radius 1 is 1.03 bits per heavy atom. The summed E-state index contributed by atoms with van der Waals surface area (Å²) in [6.45, 7) is 8.94. The number of fused-ring (bicyclic) bond motifs is 1. The van der Waals surface area contributed by atoms with Gasteiger partial charge in [-0.15, -0.1) is 11.3 Å². The fourth-order valence-corrected chi connectivity index (χ4v) is 5.01. The van der Waals surface area contributed by atoms with Crippen molar-refractivity contribution in [1.29, 1.82) is 0 Å². The van der Waals surface area contributed by atoms with Crippen molar-refractivity contribution >= 4 is 28.1 Å². The number of thiophene rings is 1. The Morgan fingerprint density at radius 2 is 1.76 bits per heavy atom. The van der Waals surface area contributed by atoms with E-state index in [1.807, 2.05) is 77.9 Å². The van der Waals surface area contributed by atoms with Crippen LogP contribution in [-0.2, 0) is 6.42 Å². The molecule has 0 aliphatic heterocycles. The van der Waals surface area contributed by atoms with Gasteiger partial charge in [-0.2, -0.15) is 0 Å². The number of amides is 1. The van der Waals surface area contributed by atoms with Gasteiger partial charge in [-0.25, -0.2) is 4.98 Å². The lowest BCUT2D eigenvalue weighted by atomic mass is 10.1. The first-order chi connectivity index (χ1) is 16.4. The highest BCUT2D eigenvalue weighted by Gasteiger charge is 2.30. The highest BCUT2D eigenvalue weighted by atomic mass is 32.1. The zero-order valence-electron chi connectivity index (χ0n) is 20.2. The zero-order valence-corrected chi connectivity index (χ0v) is 21.0. The molecule has 0 N–H and O–H groups in total.